The smallest absolute Gasteiger partial charge is 0.253 e. The van der Waals surface area contributed by atoms with E-state index < -0.39 is 0 Å². The summed E-state index contributed by atoms with van der Waals surface area (Å²) in [5.41, 5.74) is 3.10. The summed E-state index contributed by atoms with van der Waals surface area (Å²) in [6.07, 6.45) is 3.32. The minimum Gasteiger partial charge on any atom is -0.489 e. The molecule has 0 fully saturated rings. The van der Waals surface area contributed by atoms with Crippen molar-refractivity contribution in [2.45, 2.75) is 32.9 Å². The van der Waals surface area contributed by atoms with Crippen LogP contribution in [0.1, 0.15) is 42.7 Å². The molecule has 5 nitrogen and oxygen atoms in total. The highest BCUT2D eigenvalue weighted by molar-refractivity contribution is 5.95. The number of aromatic nitrogens is 1. The Morgan fingerprint density at radius 1 is 0.964 bits per heavy atom. The monoisotopic (exact) mass is 375 g/mol. The maximum atomic E-state index is 12.6. The number of hydrogen-bond acceptors (Lipinski definition) is 4. The first-order valence-electron chi connectivity index (χ1n) is 9.36. The van der Waals surface area contributed by atoms with Gasteiger partial charge >= 0.3 is 0 Å². The Labute approximate surface area is 165 Å². The van der Waals surface area contributed by atoms with Gasteiger partial charge in [0.05, 0.1) is 35.3 Å². The number of rotatable bonds is 7. The molecule has 0 spiro atoms. The summed E-state index contributed by atoms with van der Waals surface area (Å²) in [6.45, 7) is 5.93. The number of ether oxygens (including phenoxy) is 1. The van der Waals surface area contributed by atoms with Gasteiger partial charge in [-0.3, -0.25) is 9.78 Å². The minimum atomic E-state index is -0.167. The summed E-state index contributed by atoms with van der Waals surface area (Å²) in [5.74, 6) is 0.587. The van der Waals surface area contributed by atoms with Crippen molar-refractivity contribution >= 4 is 17.3 Å². The van der Waals surface area contributed by atoms with Crippen molar-refractivity contribution in [3.05, 3.63) is 84.2 Å². The largest absolute Gasteiger partial charge is 0.489 e. The molecule has 3 rings (SSSR count). The molecule has 2 aromatic carbocycles. The lowest BCUT2D eigenvalue weighted by molar-refractivity contribution is 0.0939. The zero-order chi connectivity index (χ0) is 19.9. The average Bonchev–Trinajstić information content (AvgIpc) is 2.70. The molecular weight excluding hydrogens is 350 g/mol. The van der Waals surface area contributed by atoms with Crippen molar-refractivity contribution < 1.29 is 9.53 Å². The molecule has 0 aliphatic heterocycles. The molecule has 0 saturated heterocycles. The van der Waals surface area contributed by atoms with Crippen molar-refractivity contribution in [1.29, 1.82) is 0 Å². The number of hydrogen-bond donors (Lipinski definition) is 2. The van der Waals surface area contributed by atoms with Crippen LogP contribution >= 0.6 is 0 Å². The van der Waals surface area contributed by atoms with Crippen molar-refractivity contribution in [3.8, 4) is 5.75 Å². The van der Waals surface area contributed by atoms with Crippen molar-refractivity contribution in [2.75, 3.05) is 5.32 Å². The Morgan fingerprint density at radius 2 is 1.68 bits per heavy atom. The van der Waals surface area contributed by atoms with Crippen molar-refractivity contribution in [1.82, 2.24) is 10.3 Å². The number of para-hydroxylation sites is 2. The average molecular weight is 375 g/mol. The lowest BCUT2D eigenvalue weighted by atomic mass is 10.1. The molecular formula is C23H25N3O2. The highest BCUT2D eigenvalue weighted by Gasteiger charge is 2.13. The van der Waals surface area contributed by atoms with Crippen LogP contribution in [0.3, 0.4) is 0 Å². The Balaban J connectivity index is 1.73. The van der Waals surface area contributed by atoms with Gasteiger partial charge in [-0.15, -0.1) is 0 Å². The molecule has 1 heterocycles. The fraction of sp³-hybridized carbons (Fsp3) is 0.217. The van der Waals surface area contributed by atoms with Gasteiger partial charge in [-0.1, -0.05) is 42.5 Å². The first-order valence-corrected chi connectivity index (χ1v) is 9.36. The Bertz CT molecular complexity index is 926. The lowest BCUT2D eigenvalue weighted by Crippen LogP contribution is -2.26. The molecule has 5 heteroatoms. The van der Waals surface area contributed by atoms with E-state index in [0.29, 0.717) is 5.56 Å². The SMILES string of the molecule is CC(C)Oc1ccccc1Nc1cncc(C(=O)NC(C)c2ccccc2)c1. The fourth-order valence-corrected chi connectivity index (χ4v) is 2.82. The van der Waals surface area contributed by atoms with Crippen LogP contribution in [0.15, 0.2) is 73.1 Å². The second-order valence-electron chi connectivity index (χ2n) is 6.86. The summed E-state index contributed by atoms with van der Waals surface area (Å²) in [6, 6.07) is 19.3. The summed E-state index contributed by atoms with van der Waals surface area (Å²) in [4.78, 5) is 16.9. The third-order valence-corrected chi connectivity index (χ3v) is 4.18. The second kappa shape index (κ2) is 9.04. The van der Waals surface area contributed by atoms with E-state index in [1.807, 2.05) is 75.4 Å². The fourth-order valence-electron chi connectivity index (χ4n) is 2.82. The van der Waals surface area contributed by atoms with Crippen LogP contribution < -0.4 is 15.4 Å². The van der Waals surface area contributed by atoms with Gasteiger partial charge in [-0.25, -0.2) is 0 Å². The first-order chi connectivity index (χ1) is 13.5. The number of anilines is 2. The summed E-state index contributed by atoms with van der Waals surface area (Å²) in [5, 5.41) is 6.30. The molecule has 28 heavy (non-hydrogen) atoms. The lowest BCUT2D eigenvalue weighted by Gasteiger charge is -2.16. The summed E-state index contributed by atoms with van der Waals surface area (Å²) >= 11 is 0. The quantitative estimate of drug-likeness (QED) is 0.603. The van der Waals surface area contributed by atoms with Gasteiger partial charge in [-0.2, -0.15) is 0 Å². The molecule has 1 amide bonds. The number of pyridine rings is 1. The summed E-state index contributed by atoms with van der Waals surface area (Å²) < 4.78 is 5.83. The first kappa shape index (κ1) is 19.4. The predicted molar refractivity (Wildman–Crippen MR) is 112 cm³/mol. The van der Waals surface area contributed by atoms with Crippen LogP contribution in [-0.4, -0.2) is 17.0 Å². The molecule has 0 saturated carbocycles. The molecule has 0 aliphatic carbocycles. The molecule has 0 aliphatic rings. The van der Waals surface area contributed by atoms with Crippen LogP contribution in [0.2, 0.25) is 0 Å². The second-order valence-corrected chi connectivity index (χ2v) is 6.86. The van der Waals surface area contributed by atoms with E-state index in [4.69, 9.17) is 4.74 Å². The third kappa shape index (κ3) is 5.10. The van der Waals surface area contributed by atoms with Crippen LogP contribution in [0.4, 0.5) is 11.4 Å². The number of carbonyl (C=O) groups excluding carboxylic acids is 1. The Kier molecular flexibility index (Phi) is 6.27. The highest BCUT2D eigenvalue weighted by Crippen LogP contribution is 2.28. The van der Waals surface area contributed by atoms with Gasteiger partial charge in [0.25, 0.3) is 5.91 Å². The van der Waals surface area contributed by atoms with Crippen LogP contribution in [-0.2, 0) is 0 Å². The zero-order valence-electron chi connectivity index (χ0n) is 16.3. The molecule has 1 aromatic heterocycles. The van der Waals surface area contributed by atoms with Gasteiger partial charge in [-0.05, 0) is 44.5 Å². The number of nitrogens with zero attached hydrogens (tertiary/aromatic N) is 1. The van der Waals surface area contributed by atoms with Crippen molar-refractivity contribution in [3.63, 3.8) is 0 Å². The molecule has 144 valence electrons. The molecule has 1 atom stereocenters. The normalized spacial score (nSPS) is 11.7. The number of benzene rings is 2. The van der Waals surface area contributed by atoms with Gasteiger partial charge in [0.2, 0.25) is 0 Å². The summed E-state index contributed by atoms with van der Waals surface area (Å²) in [7, 11) is 0. The van der Waals surface area contributed by atoms with E-state index in [-0.39, 0.29) is 18.1 Å². The zero-order valence-corrected chi connectivity index (χ0v) is 16.3. The minimum absolute atomic E-state index is 0.0673. The maximum absolute atomic E-state index is 12.6. The van der Waals surface area contributed by atoms with E-state index in [2.05, 4.69) is 15.6 Å². The van der Waals surface area contributed by atoms with E-state index in [9.17, 15) is 4.79 Å². The topological polar surface area (TPSA) is 63.2 Å². The van der Waals surface area contributed by atoms with Gasteiger partial charge in [0, 0.05) is 6.20 Å². The predicted octanol–water partition coefficient (Wildman–Crippen LogP) is 5.10. The Hall–Kier alpha value is -3.34. The number of carbonyl (C=O) groups is 1. The molecule has 0 radical (unpaired) electrons. The van der Waals surface area contributed by atoms with E-state index in [0.717, 1.165) is 22.7 Å². The van der Waals surface area contributed by atoms with E-state index in [1.165, 1.54) is 0 Å². The van der Waals surface area contributed by atoms with E-state index >= 15 is 0 Å². The van der Waals surface area contributed by atoms with Crippen LogP contribution in [0.5, 0.6) is 5.75 Å². The van der Waals surface area contributed by atoms with E-state index in [1.54, 1.807) is 18.5 Å². The van der Waals surface area contributed by atoms with Crippen molar-refractivity contribution in [2.24, 2.45) is 0 Å². The van der Waals surface area contributed by atoms with Crippen LogP contribution in [0, 0.1) is 0 Å². The maximum Gasteiger partial charge on any atom is 0.253 e. The Morgan fingerprint density at radius 3 is 2.43 bits per heavy atom. The number of nitrogens with one attached hydrogen (secondary N) is 2. The molecule has 3 aromatic rings. The van der Waals surface area contributed by atoms with Crippen LogP contribution in [0.25, 0.3) is 0 Å². The van der Waals surface area contributed by atoms with Gasteiger partial charge in [0.15, 0.2) is 0 Å². The standard InChI is InChI=1S/C23H25N3O2/c1-16(2)28-22-12-8-7-11-21(22)26-20-13-19(14-24-15-20)23(27)25-17(3)18-9-5-4-6-10-18/h4-17,26H,1-3H3,(H,25,27). The number of amides is 1. The molecule has 2 N–H and O–H groups in total. The highest BCUT2D eigenvalue weighted by atomic mass is 16.5. The third-order valence-electron chi connectivity index (χ3n) is 4.18. The van der Waals surface area contributed by atoms with Gasteiger partial charge in [0.1, 0.15) is 5.75 Å². The molecule has 1 unspecified atom stereocenters. The van der Waals surface area contributed by atoms with Gasteiger partial charge < -0.3 is 15.4 Å². The molecule has 0 bridgehead atoms.